The van der Waals surface area contributed by atoms with E-state index in [0.717, 1.165) is 33.2 Å². The molecule has 0 saturated heterocycles. The van der Waals surface area contributed by atoms with E-state index in [2.05, 4.69) is 34.3 Å². The van der Waals surface area contributed by atoms with Gasteiger partial charge in [-0.2, -0.15) is 0 Å². The summed E-state index contributed by atoms with van der Waals surface area (Å²) in [7, 11) is 0. The predicted octanol–water partition coefficient (Wildman–Crippen LogP) is 5.65. The number of nitrogens with zero attached hydrogens (tertiary/aromatic N) is 1. The van der Waals surface area contributed by atoms with E-state index >= 15 is 0 Å². The number of hydrogen-bond acceptors (Lipinski definition) is 3. The first-order valence-corrected chi connectivity index (χ1v) is 10.0. The van der Waals surface area contributed by atoms with Gasteiger partial charge in [0.2, 0.25) is 0 Å². The fourth-order valence-corrected chi connectivity index (χ4v) is 4.59. The van der Waals surface area contributed by atoms with Gasteiger partial charge in [-0.1, -0.05) is 48.0 Å². The van der Waals surface area contributed by atoms with Crippen LogP contribution in [0.3, 0.4) is 0 Å². The molecule has 0 radical (unpaired) electrons. The van der Waals surface area contributed by atoms with Gasteiger partial charge < -0.3 is 8.98 Å². The summed E-state index contributed by atoms with van der Waals surface area (Å²) in [5.74, 6) is 0.0329. The molecule has 0 unspecified atom stereocenters. The summed E-state index contributed by atoms with van der Waals surface area (Å²) >= 11 is 3.49. The van der Waals surface area contributed by atoms with Crippen molar-refractivity contribution < 1.29 is 9.21 Å². The number of fused-ring (bicyclic) bond motifs is 5. The smallest absolute Gasteiger partial charge is 0.344 e. The lowest BCUT2D eigenvalue weighted by Gasteiger charge is -2.29. The van der Waals surface area contributed by atoms with Crippen LogP contribution in [0.5, 0.6) is 0 Å². The summed E-state index contributed by atoms with van der Waals surface area (Å²) in [5, 5.41) is 1.33. The minimum absolute atomic E-state index is 0.0329. The van der Waals surface area contributed by atoms with E-state index < -0.39 is 5.63 Å². The van der Waals surface area contributed by atoms with Gasteiger partial charge in [0.15, 0.2) is 11.4 Å². The van der Waals surface area contributed by atoms with Crippen LogP contribution in [0.15, 0.2) is 62.2 Å². The second kappa shape index (κ2) is 5.92. The average molecular weight is 436 g/mol. The summed E-state index contributed by atoms with van der Waals surface area (Å²) in [5.41, 5.74) is 3.05. The number of halogens is 1. The molecule has 5 heteroatoms. The summed E-state index contributed by atoms with van der Waals surface area (Å²) in [6.07, 6.45) is 1.17. The molecule has 4 nitrogen and oxygen atoms in total. The van der Waals surface area contributed by atoms with Crippen LogP contribution in [0, 0.1) is 5.41 Å². The van der Waals surface area contributed by atoms with Gasteiger partial charge in [-0.15, -0.1) is 0 Å². The molecule has 0 saturated carbocycles. The number of carbonyl (C=O) groups excluding carboxylic acids is 1. The maximum absolute atomic E-state index is 13.1. The van der Waals surface area contributed by atoms with Gasteiger partial charge in [0, 0.05) is 27.7 Å². The topological polar surface area (TPSA) is 52.2 Å². The molecule has 1 aliphatic rings. The predicted molar refractivity (Wildman–Crippen MR) is 113 cm³/mol. The van der Waals surface area contributed by atoms with Crippen LogP contribution >= 0.6 is 15.9 Å². The number of Topliss-reactive ketones (excluding diaryl/α,β-unsaturated/α-hetero) is 1. The highest BCUT2D eigenvalue weighted by atomic mass is 79.9. The SMILES string of the molecule is CC1(C)CC(=O)c2c(n(-c3ccc(Br)cc3)c3c2oc(=O)c2ccccc23)C1. The van der Waals surface area contributed by atoms with Crippen LogP contribution < -0.4 is 5.63 Å². The highest BCUT2D eigenvalue weighted by molar-refractivity contribution is 9.10. The monoisotopic (exact) mass is 435 g/mol. The highest BCUT2D eigenvalue weighted by Gasteiger charge is 2.37. The molecule has 2 aromatic carbocycles. The minimum Gasteiger partial charge on any atom is -0.420 e. The molecule has 2 heterocycles. The van der Waals surface area contributed by atoms with Crippen LogP contribution in [-0.2, 0) is 6.42 Å². The van der Waals surface area contributed by atoms with Crippen molar-refractivity contribution in [3.63, 3.8) is 0 Å². The molecule has 0 bridgehead atoms. The largest absolute Gasteiger partial charge is 0.420 e. The number of aromatic nitrogens is 1. The second-order valence-electron chi connectivity index (χ2n) is 8.19. The first-order chi connectivity index (χ1) is 13.4. The van der Waals surface area contributed by atoms with Gasteiger partial charge in [0.1, 0.15) is 0 Å². The van der Waals surface area contributed by atoms with Gasteiger partial charge in [-0.3, -0.25) is 4.79 Å². The Balaban J connectivity index is 2.02. The van der Waals surface area contributed by atoms with Gasteiger partial charge in [0.05, 0.1) is 16.5 Å². The molecule has 2 aromatic heterocycles. The quantitative estimate of drug-likeness (QED) is 0.387. The van der Waals surface area contributed by atoms with Crippen molar-refractivity contribution in [2.24, 2.45) is 5.41 Å². The van der Waals surface area contributed by atoms with Gasteiger partial charge in [-0.05, 0) is 42.2 Å². The van der Waals surface area contributed by atoms with Crippen LogP contribution in [0.25, 0.3) is 27.6 Å². The van der Waals surface area contributed by atoms with Gasteiger partial charge in [-0.25, -0.2) is 4.79 Å². The van der Waals surface area contributed by atoms with E-state index in [4.69, 9.17) is 4.42 Å². The lowest BCUT2D eigenvalue weighted by Crippen LogP contribution is -2.27. The number of ketones is 1. The zero-order valence-electron chi connectivity index (χ0n) is 15.6. The Morgan fingerprint density at radius 3 is 2.36 bits per heavy atom. The molecule has 5 rings (SSSR count). The van der Waals surface area contributed by atoms with Crippen LogP contribution in [0.1, 0.15) is 36.3 Å². The van der Waals surface area contributed by atoms with Gasteiger partial charge in [0.25, 0.3) is 0 Å². The van der Waals surface area contributed by atoms with Crippen molar-refractivity contribution in [2.45, 2.75) is 26.7 Å². The Kier molecular flexibility index (Phi) is 3.68. The third-order valence-electron chi connectivity index (χ3n) is 5.47. The average Bonchev–Trinajstić information content (AvgIpc) is 2.95. The van der Waals surface area contributed by atoms with Crippen LogP contribution in [0.2, 0.25) is 0 Å². The summed E-state index contributed by atoms with van der Waals surface area (Å²) in [6, 6.07) is 15.4. The van der Waals surface area contributed by atoms with Crippen molar-refractivity contribution in [1.29, 1.82) is 0 Å². The zero-order valence-corrected chi connectivity index (χ0v) is 17.2. The number of carbonyl (C=O) groups is 1. The summed E-state index contributed by atoms with van der Waals surface area (Å²) in [4.78, 5) is 25.7. The van der Waals surface area contributed by atoms with E-state index in [1.54, 1.807) is 6.07 Å². The molecule has 0 amide bonds. The van der Waals surface area contributed by atoms with E-state index in [1.165, 1.54) is 0 Å². The Morgan fingerprint density at radius 2 is 1.64 bits per heavy atom. The zero-order chi connectivity index (χ0) is 19.6. The summed E-state index contributed by atoms with van der Waals surface area (Å²) in [6.45, 7) is 4.21. The fourth-order valence-electron chi connectivity index (χ4n) is 4.32. The molecule has 0 N–H and O–H groups in total. The Labute approximate surface area is 169 Å². The molecule has 0 atom stereocenters. The third-order valence-corrected chi connectivity index (χ3v) is 6.00. The minimum atomic E-state index is -0.406. The fraction of sp³-hybridized carbons (Fsp3) is 0.217. The van der Waals surface area contributed by atoms with Crippen LogP contribution in [-0.4, -0.2) is 10.4 Å². The number of benzene rings is 2. The molecule has 0 aliphatic heterocycles. The maximum Gasteiger partial charge on any atom is 0.344 e. The van der Waals surface area contributed by atoms with Crippen molar-refractivity contribution >= 4 is 43.6 Å². The molecule has 140 valence electrons. The van der Waals surface area contributed by atoms with Crippen molar-refractivity contribution in [3.05, 3.63) is 74.7 Å². The Hall–Kier alpha value is -2.66. The Bertz CT molecular complexity index is 1330. The van der Waals surface area contributed by atoms with Crippen molar-refractivity contribution in [3.8, 4) is 5.69 Å². The highest BCUT2D eigenvalue weighted by Crippen LogP contribution is 2.42. The molecular formula is C23H18BrNO3. The molecule has 28 heavy (non-hydrogen) atoms. The first kappa shape index (κ1) is 17.4. The first-order valence-electron chi connectivity index (χ1n) is 9.24. The third kappa shape index (κ3) is 2.49. The second-order valence-corrected chi connectivity index (χ2v) is 9.10. The Morgan fingerprint density at radius 1 is 0.964 bits per heavy atom. The van der Waals surface area contributed by atoms with E-state index in [-0.39, 0.29) is 11.2 Å². The van der Waals surface area contributed by atoms with Crippen molar-refractivity contribution in [2.75, 3.05) is 0 Å². The number of hydrogen-bond donors (Lipinski definition) is 0. The summed E-state index contributed by atoms with van der Waals surface area (Å²) < 4.78 is 8.81. The van der Waals surface area contributed by atoms with E-state index in [1.807, 2.05) is 42.5 Å². The standard InChI is InChI=1S/C23H18BrNO3/c1-23(2)11-17-19(18(26)12-23)21-20(25(17)14-9-7-13(24)8-10-14)15-5-3-4-6-16(15)22(27)28-21/h3-10H,11-12H2,1-2H3. The maximum atomic E-state index is 13.1. The van der Waals surface area contributed by atoms with Gasteiger partial charge >= 0.3 is 5.63 Å². The van der Waals surface area contributed by atoms with E-state index in [9.17, 15) is 9.59 Å². The molecule has 0 fully saturated rings. The molecule has 4 aromatic rings. The van der Waals surface area contributed by atoms with Crippen molar-refractivity contribution in [1.82, 2.24) is 4.57 Å². The van der Waals surface area contributed by atoms with E-state index in [0.29, 0.717) is 23.0 Å². The molecular weight excluding hydrogens is 418 g/mol. The lowest BCUT2D eigenvalue weighted by molar-refractivity contribution is 0.0911. The molecule has 0 spiro atoms. The normalized spacial score (nSPS) is 15.9. The lowest BCUT2D eigenvalue weighted by atomic mass is 9.76. The van der Waals surface area contributed by atoms with Crippen LogP contribution in [0.4, 0.5) is 0 Å². The molecule has 1 aliphatic carbocycles. The number of rotatable bonds is 1.